The van der Waals surface area contributed by atoms with E-state index < -0.39 is 0 Å². The highest BCUT2D eigenvalue weighted by Gasteiger charge is 2.08. The summed E-state index contributed by atoms with van der Waals surface area (Å²) in [6, 6.07) is 18.9. The average Bonchev–Trinajstić information content (AvgIpc) is 3.06. The molecule has 0 saturated heterocycles. The molecule has 1 aromatic heterocycles. The summed E-state index contributed by atoms with van der Waals surface area (Å²) in [7, 11) is 0. The molecule has 0 unspecified atom stereocenters. The molecule has 0 spiro atoms. The van der Waals surface area contributed by atoms with Crippen LogP contribution >= 0.6 is 0 Å². The molecule has 2 N–H and O–H groups in total. The van der Waals surface area contributed by atoms with E-state index in [1.807, 2.05) is 42.5 Å². The first kappa shape index (κ1) is 13.9. The van der Waals surface area contributed by atoms with Crippen LogP contribution in [0.15, 0.2) is 71.3 Å². The number of furan rings is 1. The molecule has 3 rings (SSSR count). The Hall–Kier alpha value is -3.01. The minimum atomic E-state index is -0.260. The summed E-state index contributed by atoms with van der Waals surface area (Å²) in [5.41, 5.74) is 3.93. The van der Waals surface area contributed by atoms with Crippen molar-refractivity contribution in [1.29, 1.82) is 0 Å². The number of carbonyl (C=O) groups is 1. The van der Waals surface area contributed by atoms with Crippen LogP contribution in [0.2, 0.25) is 0 Å². The van der Waals surface area contributed by atoms with E-state index in [1.165, 1.54) is 11.8 Å². The maximum atomic E-state index is 11.9. The number of anilines is 3. The van der Waals surface area contributed by atoms with Gasteiger partial charge < -0.3 is 15.1 Å². The van der Waals surface area contributed by atoms with Gasteiger partial charge in [0.25, 0.3) is 5.91 Å². The van der Waals surface area contributed by atoms with Crippen LogP contribution in [0.5, 0.6) is 0 Å². The molecule has 0 aliphatic carbocycles. The van der Waals surface area contributed by atoms with Gasteiger partial charge >= 0.3 is 0 Å². The normalized spacial score (nSPS) is 10.2. The summed E-state index contributed by atoms with van der Waals surface area (Å²) in [5.74, 6) is 0.0340. The van der Waals surface area contributed by atoms with E-state index in [1.54, 1.807) is 12.1 Å². The van der Waals surface area contributed by atoms with Gasteiger partial charge in [0.15, 0.2) is 5.76 Å². The number of benzene rings is 2. The highest BCUT2D eigenvalue weighted by atomic mass is 16.3. The number of rotatable bonds is 4. The molecule has 4 heteroatoms. The fourth-order valence-corrected chi connectivity index (χ4v) is 2.11. The Morgan fingerprint density at radius 1 is 0.909 bits per heavy atom. The van der Waals surface area contributed by atoms with Crippen molar-refractivity contribution < 1.29 is 9.21 Å². The molecule has 0 fully saturated rings. The smallest absolute Gasteiger partial charge is 0.291 e. The van der Waals surface area contributed by atoms with Gasteiger partial charge in [-0.15, -0.1) is 0 Å². The van der Waals surface area contributed by atoms with E-state index in [-0.39, 0.29) is 5.91 Å². The molecule has 0 bridgehead atoms. The monoisotopic (exact) mass is 292 g/mol. The van der Waals surface area contributed by atoms with Gasteiger partial charge in [-0.25, -0.2) is 0 Å². The second-order valence-electron chi connectivity index (χ2n) is 4.95. The van der Waals surface area contributed by atoms with Crippen molar-refractivity contribution in [2.24, 2.45) is 0 Å². The van der Waals surface area contributed by atoms with Gasteiger partial charge in [-0.05, 0) is 55.0 Å². The quantitative estimate of drug-likeness (QED) is 0.739. The molecule has 0 aliphatic heterocycles. The fourth-order valence-electron chi connectivity index (χ4n) is 2.11. The standard InChI is InChI=1S/C18H16N2O2/c1-13-5-2-3-6-16(13)19-14-8-10-15(11-9-14)20-18(21)17-7-4-12-22-17/h2-12,19H,1H3,(H,20,21). The summed E-state index contributed by atoms with van der Waals surface area (Å²) >= 11 is 0. The van der Waals surface area contributed by atoms with Gasteiger partial charge in [-0.2, -0.15) is 0 Å². The third-order valence-electron chi connectivity index (χ3n) is 3.31. The molecule has 110 valence electrons. The Labute approximate surface area is 128 Å². The van der Waals surface area contributed by atoms with Gasteiger partial charge in [-0.1, -0.05) is 18.2 Å². The van der Waals surface area contributed by atoms with E-state index in [0.717, 1.165) is 17.1 Å². The molecule has 3 aromatic rings. The lowest BCUT2D eigenvalue weighted by Crippen LogP contribution is -2.10. The van der Waals surface area contributed by atoms with Crippen molar-refractivity contribution in [3.8, 4) is 0 Å². The largest absolute Gasteiger partial charge is 0.459 e. The average molecular weight is 292 g/mol. The van der Waals surface area contributed by atoms with Crippen LogP contribution in [0.3, 0.4) is 0 Å². The second kappa shape index (κ2) is 6.18. The first-order valence-corrected chi connectivity index (χ1v) is 7.00. The first-order chi connectivity index (χ1) is 10.7. The predicted octanol–water partition coefficient (Wildman–Crippen LogP) is 4.58. The first-order valence-electron chi connectivity index (χ1n) is 7.00. The second-order valence-corrected chi connectivity index (χ2v) is 4.95. The zero-order valence-corrected chi connectivity index (χ0v) is 12.2. The van der Waals surface area contributed by atoms with Crippen LogP contribution in [0, 0.1) is 6.92 Å². The summed E-state index contributed by atoms with van der Waals surface area (Å²) in [6.45, 7) is 2.06. The summed E-state index contributed by atoms with van der Waals surface area (Å²) in [5, 5.41) is 6.14. The van der Waals surface area contributed by atoms with Crippen molar-refractivity contribution in [3.05, 3.63) is 78.3 Å². The Morgan fingerprint density at radius 2 is 1.64 bits per heavy atom. The SMILES string of the molecule is Cc1ccccc1Nc1ccc(NC(=O)c2ccco2)cc1. The van der Waals surface area contributed by atoms with Gasteiger partial charge in [0.1, 0.15) is 0 Å². The molecule has 1 heterocycles. The number of para-hydroxylation sites is 1. The molecule has 0 saturated carbocycles. The third-order valence-corrected chi connectivity index (χ3v) is 3.31. The number of amides is 1. The topological polar surface area (TPSA) is 54.3 Å². The number of carbonyl (C=O) groups excluding carboxylic acids is 1. The minimum absolute atomic E-state index is 0.260. The summed E-state index contributed by atoms with van der Waals surface area (Å²) < 4.78 is 5.06. The maximum absolute atomic E-state index is 11.9. The molecule has 4 nitrogen and oxygen atoms in total. The highest BCUT2D eigenvalue weighted by molar-refractivity contribution is 6.02. The van der Waals surface area contributed by atoms with Crippen molar-refractivity contribution in [2.75, 3.05) is 10.6 Å². The molecule has 22 heavy (non-hydrogen) atoms. The zero-order chi connectivity index (χ0) is 15.4. The van der Waals surface area contributed by atoms with Crippen LogP contribution in [0.4, 0.5) is 17.1 Å². The molecule has 0 atom stereocenters. The van der Waals surface area contributed by atoms with Crippen molar-refractivity contribution >= 4 is 23.0 Å². The van der Waals surface area contributed by atoms with Gasteiger partial charge in [0.2, 0.25) is 0 Å². The van der Waals surface area contributed by atoms with E-state index in [4.69, 9.17) is 4.42 Å². The van der Waals surface area contributed by atoms with Crippen LogP contribution in [0.1, 0.15) is 16.1 Å². The van der Waals surface area contributed by atoms with Crippen molar-refractivity contribution in [2.45, 2.75) is 6.92 Å². The van der Waals surface area contributed by atoms with Gasteiger partial charge in [0, 0.05) is 17.1 Å². The molecule has 0 aliphatic rings. The number of hydrogen-bond acceptors (Lipinski definition) is 3. The van der Waals surface area contributed by atoms with Gasteiger partial charge in [0.05, 0.1) is 6.26 Å². The Kier molecular flexibility index (Phi) is 3.92. The van der Waals surface area contributed by atoms with Crippen molar-refractivity contribution in [1.82, 2.24) is 0 Å². The Balaban J connectivity index is 1.68. The van der Waals surface area contributed by atoms with Crippen LogP contribution in [0.25, 0.3) is 0 Å². The predicted molar refractivity (Wildman–Crippen MR) is 87.6 cm³/mol. The zero-order valence-electron chi connectivity index (χ0n) is 12.2. The lowest BCUT2D eigenvalue weighted by atomic mass is 10.2. The molecule has 2 aromatic carbocycles. The lowest BCUT2D eigenvalue weighted by molar-refractivity contribution is 0.0996. The number of nitrogens with one attached hydrogen (secondary N) is 2. The molecule has 0 radical (unpaired) electrons. The fraction of sp³-hybridized carbons (Fsp3) is 0.0556. The third kappa shape index (κ3) is 3.17. The van der Waals surface area contributed by atoms with E-state index >= 15 is 0 Å². The summed E-state index contributed by atoms with van der Waals surface area (Å²) in [6.07, 6.45) is 1.48. The molecular formula is C18H16N2O2. The lowest BCUT2D eigenvalue weighted by Gasteiger charge is -2.10. The number of aryl methyl sites for hydroxylation is 1. The van der Waals surface area contributed by atoms with E-state index in [9.17, 15) is 4.79 Å². The van der Waals surface area contributed by atoms with E-state index in [2.05, 4.69) is 23.6 Å². The highest BCUT2D eigenvalue weighted by Crippen LogP contribution is 2.21. The Morgan fingerprint density at radius 3 is 2.32 bits per heavy atom. The maximum Gasteiger partial charge on any atom is 0.291 e. The van der Waals surface area contributed by atoms with Gasteiger partial charge in [-0.3, -0.25) is 4.79 Å². The Bertz CT molecular complexity index is 762. The minimum Gasteiger partial charge on any atom is -0.459 e. The molecular weight excluding hydrogens is 276 g/mol. The van der Waals surface area contributed by atoms with Crippen LogP contribution < -0.4 is 10.6 Å². The van der Waals surface area contributed by atoms with Crippen LogP contribution in [-0.4, -0.2) is 5.91 Å². The molecule has 1 amide bonds. The van der Waals surface area contributed by atoms with Crippen molar-refractivity contribution in [3.63, 3.8) is 0 Å². The number of hydrogen-bond donors (Lipinski definition) is 2. The van der Waals surface area contributed by atoms with E-state index in [0.29, 0.717) is 5.76 Å². The summed E-state index contributed by atoms with van der Waals surface area (Å²) in [4.78, 5) is 11.9. The van der Waals surface area contributed by atoms with Crippen LogP contribution in [-0.2, 0) is 0 Å².